The highest BCUT2D eigenvalue weighted by Crippen LogP contribution is 2.22. The third kappa shape index (κ3) is 1.71. The second kappa shape index (κ2) is 4.25. The highest BCUT2D eigenvalue weighted by atomic mass is 16.5. The summed E-state index contributed by atoms with van der Waals surface area (Å²) in [5.74, 6) is 0.267. The van der Waals surface area contributed by atoms with Crippen LogP contribution >= 0.6 is 0 Å². The Hall–Kier alpha value is -1.36. The predicted octanol–water partition coefficient (Wildman–Crippen LogP) is 0.888. The number of amides is 1. The zero-order valence-electron chi connectivity index (χ0n) is 10.3. The number of aliphatic hydroxyl groups is 1. The number of hydrogen-bond acceptors (Lipinski definition) is 4. The molecule has 1 saturated heterocycles. The number of aliphatic hydroxyl groups excluding tert-OH is 1. The normalized spacial score (nSPS) is 21.2. The largest absolute Gasteiger partial charge is 0.394 e. The fourth-order valence-electron chi connectivity index (χ4n) is 2.13. The summed E-state index contributed by atoms with van der Waals surface area (Å²) < 4.78 is 12.3. The van der Waals surface area contributed by atoms with E-state index in [4.69, 9.17) is 5.89 Å². The topological polar surface area (TPSA) is 66.6 Å². The van der Waals surface area contributed by atoms with Crippen molar-refractivity contribution in [3.05, 3.63) is 17.0 Å². The summed E-state index contributed by atoms with van der Waals surface area (Å²) in [5, 5.41) is 12.9. The molecule has 5 nitrogen and oxygen atoms in total. The minimum atomic E-state index is -0.178. The predicted molar refractivity (Wildman–Crippen MR) is 57.1 cm³/mol. The highest BCUT2D eigenvalue weighted by Gasteiger charge is 2.31. The van der Waals surface area contributed by atoms with Crippen LogP contribution in [0.5, 0.6) is 0 Å². The summed E-state index contributed by atoms with van der Waals surface area (Å²) in [4.78, 5) is 14.0. The van der Waals surface area contributed by atoms with Gasteiger partial charge in [-0.15, -0.1) is 0 Å². The van der Waals surface area contributed by atoms with E-state index in [9.17, 15) is 9.90 Å². The lowest BCUT2D eigenvalue weighted by molar-refractivity contribution is 0.0675. The number of likely N-dealkylation sites (tertiary alicyclic amines) is 1. The number of aryl methyl sites for hydroxylation is 2. The molecule has 0 aromatic carbocycles. The maximum atomic E-state index is 12.3. The van der Waals surface area contributed by atoms with Crippen molar-refractivity contribution in [1.82, 2.24) is 10.1 Å². The van der Waals surface area contributed by atoms with Gasteiger partial charge in [0.1, 0.15) is 11.3 Å². The Bertz CT molecular complexity index is 419. The number of hydrogen-bond donors (Lipinski definition) is 1. The number of carbonyl (C=O) groups is 1. The van der Waals surface area contributed by atoms with E-state index in [0.717, 1.165) is 12.8 Å². The highest BCUT2D eigenvalue weighted by molar-refractivity contribution is 5.96. The third-order valence-electron chi connectivity index (χ3n) is 3.00. The van der Waals surface area contributed by atoms with Gasteiger partial charge in [-0.25, -0.2) is 0 Å². The summed E-state index contributed by atoms with van der Waals surface area (Å²) in [6, 6.07) is -0.115. The molecule has 0 radical (unpaired) electrons. The second-order valence-corrected chi connectivity index (χ2v) is 4.04. The van der Waals surface area contributed by atoms with Gasteiger partial charge < -0.3 is 14.5 Å². The molecule has 1 aromatic rings. The first-order valence-electron chi connectivity index (χ1n) is 6.06. The smallest absolute Gasteiger partial charge is 0.259 e. The Morgan fingerprint density at radius 3 is 3.31 bits per heavy atom. The van der Waals surface area contributed by atoms with E-state index in [2.05, 4.69) is 5.16 Å². The van der Waals surface area contributed by atoms with Gasteiger partial charge in [0.25, 0.3) is 5.91 Å². The minimum absolute atomic E-state index is 0.0216. The zero-order chi connectivity index (χ0) is 12.4. The second-order valence-electron chi connectivity index (χ2n) is 4.04. The van der Waals surface area contributed by atoms with Crippen LogP contribution in [-0.4, -0.2) is 40.3 Å². The van der Waals surface area contributed by atoms with Crippen LogP contribution < -0.4 is 0 Å². The molecule has 1 aromatic heterocycles. The molecule has 1 unspecified atom stereocenters. The van der Waals surface area contributed by atoms with Gasteiger partial charge in [-0.3, -0.25) is 4.79 Å². The molecule has 1 N–H and O–H groups in total. The number of rotatable bonds is 2. The van der Waals surface area contributed by atoms with Gasteiger partial charge in [-0.05, 0) is 26.7 Å². The Morgan fingerprint density at radius 1 is 1.81 bits per heavy atom. The van der Waals surface area contributed by atoms with Gasteiger partial charge in [0.2, 0.25) is 0 Å². The van der Waals surface area contributed by atoms with E-state index in [1.165, 1.54) is 0 Å². The van der Waals surface area contributed by atoms with Crippen LogP contribution in [0.2, 0.25) is 0 Å². The Morgan fingerprint density at radius 2 is 2.62 bits per heavy atom. The Balaban J connectivity index is 2.27. The van der Waals surface area contributed by atoms with E-state index in [1.807, 2.05) is 0 Å². The average molecular weight is 225 g/mol. The lowest BCUT2D eigenvalue weighted by Gasteiger charge is -2.22. The fourth-order valence-corrected chi connectivity index (χ4v) is 2.13. The van der Waals surface area contributed by atoms with Crippen molar-refractivity contribution in [3.8, 4) is 0 Å². The van der Waals surface area contributed by atoms with Crippen molar-refractivity contribution in [2.24, 2.45) is 0 Å². The molecular formula is C11H16N2O3. The van der Waals surface area contributed by atoms with Crippen molar-refractivity contribution in [2.75, 3.05) is 13.2 Å². The summed E-state index contributed by atoms with van der Waals surface area (Å²) in [6.07, 6.45) is 1.72. The molecule has 2 rings (SSSR count). The van der Waals surface area contributed by atoms with Crippen LogP contribution in [0.4, 0.5) is 0 Å². The lowest BCUT2D eigenvalue weighted by atomic mass is 10.1. The molecule has 0 spiro atoms. The molecule has 2 heterocycles. The van der Waals surface area contributed by atoms with Gasteiger partial charge in [-0.1, -0.05) is 5.16 Å². The first-order chi connectivity index (χ1) is 8.19. The molecule has 1 atom stereocenters. The summed E-state index contributed by atoms with van der Waals surface area (Å²) in [5.41, 5.74) is 0.761. The van der Waals surface area contributed by atoms with Gasteiger partial charge in [0.05, 0.1) is 18.3 Å². The standard InChI is InChI=1S/C11H16N2O3/c1-7-10(8(2)16-12-7)11(15)13-5-3-4-9(13)6-14/h9,14H,3-6H2,1-2H3/i1D. The molecule has 88 valence electrons. The quantitative estimate of drug-likeness (QED) is 0.811. The third-order valence-corrected chi connectivity index (χ3v) is 3.00. The van der Waals surface area contributed by atoms with Crippen LogP contribution in [0.3, 0.4) is 0 Å². The number of carbonyl (C=O) groups excluding carboxylic acids is 1. The van der Waals surface area contributed by atoms with Gasteiger partial charge >= 0.3 is 0 Å². The summed E-state index contributed by atoms with van der Waals surface area (Å²) in [7, 11) is 0. The van der Waals surface area contributed by atoms with E-state index in [-0.39, 0.29) is 25.5 Å². The van der Waals surface area contributed by atoms with E-state index >= 15 is 0 Å². The number of nitrogens with zero attached hydrogens (tertiary/aromatic N) is 2. The minimum Gasteiger partial charge on any atom is -0.394 e. The van der Waals surface area contributed by atoms with Crippen molar-refractivity contribution >= 4 is 5.91 Å². The summed E-state index contributed by atoms with van der Waals surface area (Å²) >= 11 is 0. The van der Waals surface area contributed by atoms with Crippen LogP contribution in [0.15, 0.2) is 4.52 Å². The molecule has 0 aliphatic carbocycles. The van der Waals surface area contributed by atoms with Crippen molar-refractivity contribution in [2.45, 2.75) is 32.7 Å². The lowest BCUT2D eigenvalue weighted by Crippen LogP contribution is -2.38. The molecule has 1 aliphatic rings. The van der Waals surface area contributed by atoms with Crippen LogP contribution in [0.25, 0.3) is 0 Å². The SMILES string of the molecule is [2H]Cc1noc(C)c1C(=O)N1CCCC1CO. The zero-order valence-corrected chi connectivity index (χ0v) is 9.27. The molecule has 5 heteroatoms. The summed E-state index contributed by atoms with van der Waals surface area (Å²) in [6.45, 7) is 2.22. The van der Waals surface area contributed by atoms with Crippen molar-refractivity contribution in [1.29, 1.82) is 0 Å². The first-order valence-corrected chi connectivity index (χ1v) is 5.35. The maximum Gasteiger partial charge on any atom is 0.259 e. The van der Waals surface area contributed by atoms with Crippen LogP contribution in [0, 0.1) is 13.8 Å². The van der Waals surface area contributed by atoms with Crippen molar-refractivity contribution < 1.29 is 15.8 Å². The fraction of sp³-hybridized carbons (Fsp3) is 0.636. The molecule has 16 heavy (non-hydrogen) atoms. The monoisotopic (exact) mass is 225 g/mol. The van der Waals surface area contributed by atoms with E-state index < -0.39 is 0 Å². The van der Waals surface area contributed by atoms with Gasteiger partial charge in [0.15, 0.2) is 0 Å². The Kier molecular flexibility index (Phi) is 2.61. The van der Waals surface area contributed by atoms with E-state index in [0.29, 0.717) is 23.6 Å². The molecule has 0 saturated carbocycles. The first kappa shape index (κ1) is 9.84. The van der Waals surface area contributed by atoms with Crippen LogP contribution in [-0.2, 0) is 0 Å². The number of aromatic nitrogens is 1. The maximum absolute atomic E-state index is 12.3. The molecule has 1 amide bonds. The molecular weight excluding hydrogens is 208 g/mol. The molecule has 0 bridgehead atoms. The van der Waals surface area contributed by atoms with Crippen LogP contribution in [0.1, 0.15) is 36.0 Å². The Labute approximate surface area is 95.4 Å². The van der Waals surface area contributed by atoms with Gasteiger partial charge in [-0.2, -0.15) is 0 Å². The molecule has 1 aliphatic heterocycles. The molecule has 1 fully saturated rings. The van der Waals surface area contributed by atoms with Gasteiger partial charge in [0, 0.05) is 7.92 Å². The average Bonchev–Trinajstić information content (AvgIpc) is 2.93. The van der Waals surface area contributed by atoms with Crippen molar-refractivity contribution in [3.63, 3.8) is 0 Å². The van der Waals surface area contributed by atoms with E-state index in [1.54, 1.807) is 11.8 Å².